The van der Waals surface area contributed by atoms with Crippen LogP contribution in [0.1, 0.15) is 51.1 Å². The van der Waals surface area contributed by atoms with Gasteiger partial charge in [0, 0.05) is 25.0 Å². The van der Waals surface area contributed by atoms with Crippen molar-refractivity contribution in [2.75, 3.05) is 13.2 Å². The van der Waals surface area contributed by atoms with E-state index in [-0.39, 0.29) is 6.04 Å². The molecule has 2 rings (SSSR count). The summed E-state index contributed by atoms with van der Waals surface area (Å²) in [6, 6.07) is 4.19. The van der Waals surface area contributed by atoms with E-state index in [1.165, 1.54) is 24.8 Å². The van der Waals surface area contributed by atoms with E-state index in [0.717, 1.165) is 6.42 Å². The van der Waals surface area contributed by atoms with Crippen molar-refractivity contribution >= 4 is 0 Å². The van der Waals surface area contributed by atoms with Crippen molar-refractivity contribution in [1.82, 2.24) is 10.3 Å². The lowest BCUT2D eigenvalue weighted by atomic mass is 9.88. The summed E-state index contributed by atoms with van der Waals surface area (Å²) in [4.78, 5) is 4.01. The predicted molar refractivity (Wildman–Crippen MR) is 84.0 cm³/mol. The number of rotatable bonds is 7. The number of nitrogens with one attached hydrogen (secondary N) is 1. The van der Waals surface area contributed by atoms with Gasteiger partial charge < -0.3 is 15.2 Å². The Labute approximate surface area is 127 Å². The number of hydrogen-bond acceptors (Lipinski definition) is 4. The van der Waals surface area contributed by atoms with Gasteiger partial charge in [-0.05, 0) is 43.4 Å². The summed E-state index contributed by atoms with van der Waals surface area (Å²) >= 11 is 0. The Bertz CT molecular complexity index is 399. The van der Waals surface area contributed by atoms with Crippen LogP contribution in [0, 0.1) is 5.92 Å². The Morgan fingerprint density at radius 1 is 1.33 bits per heavy atom. The Morgan fingerprint density at radius 3 is 2.76 bits per heavy atom. The minimum atomic E-state index is -0.455. The second kappa shape index (κ2) is 8.47. The number of aromatic nitrogens is 1. The molecule has 4 heteroatoms. The Hall–Kier alpha value is -0.970. The number of aliphatic hydroxyl groups excluding tert-OH is 1. The van der Waals surface area contributed by atoms with Crippen molar-refractivity contribution in [2.24, 2.45) is 5.92 Å². The van der Waals surface area contributed by atoms with Crippen LogP contribution < -0.4 is 5.32 Å². The molecule has 0 bridgehead atoms. The van der Waals surface area contributed by atoms with E-state index >= 15 is 0 Å². The number of hydrogen-bond donors (Lipinski definition) is 2. The second-order valence-corrected chi connectivity index (χ2v) is 6.20. The van der Waals surface area contributed by atoms with Crippen molar-refractivity contribution in [3.63, 3.8) is 0 Å². The third-order valence-corrected chi connectivity index (χ3v) is 4.40. The normalized spacial score (nSPS) is 25.5. The van der Waals surface area contributed by atoms with E-state index in [2.05, 4.69) is 24.1 Å². The average molecular weight is 292 g/mol. The Balaban J connectivity index is 1.66. The van der Waals surface area contributed by atoms with Gasteiger partial charge in [0.1, 0.15) is 0 Å². The molecule has 1 saturated carbocycles. The van der Waals surface area contributed by atoms with Crippen LogP contribution in [0.25, 0.3) is 0 Å². The number of aliphatic hydroxyl groups is 1. The largest absolute Gasteiger partial charge is 0.389 e. The maximum atomic E-state index is 10.1. The van der Waals surface area contributed by atoms with Crippen molar-refractivity contribution in [3.05, 3.63) is 30.1 Å². The zero-order valence-corrected chi connectivity index (χ0v) is 13.2. The minimum Gasteiger partial charge on any atom is -0.389 e. The molecule has 0 aliphatic heterocycles. The van der Waals surface area contributed by atoms with Crippen molar-refractivity contribution < 1.29 is 9.84 Å². The van der Waals surface area contributed by atoms with E-state index in [1.54, 1.807) is 12.4 Å². The Kier molecular flexibility index (Phi) is 6.61. The molecule has 1 fully saturated rings. The second-order valence-electron chi connectivity index (χ2n) is 6.20. The fraction of sp³-hybridized carbons (Fsp3) is 0.706. The quantitative estimate of drug-likeness (QED) is 0.811. The fourth-order valence-corrected chi connectivity index (χ4v) is 2.91. The summed E-state index contributed by atoms with van der Waals surface area (Å²) in [6.45, 7) is 5.31. The molecule has 4 atom stereocenters. The van der Waals surface area contributed by atoms with Crippen molar-refractivity contribution in [1.29, 1.82) is 0 Å². The molecular weight excluding hydrogens is 264 g/mol. The van der Waals surface area contributed by atoms with Crippen LogP contribution in [0.15, 0.2) is 24.5 Å². The van der Waals surface area contributed by atoms with Crippen LogP contribution in [0.4, 0.5) is 0 Å². The highest BCUT2D eigenvalue weighted by molar-refractivity contribution is 5.13. The maximum absolute atomic E-state index is 10.1. The third-order valence-electron chi connectivity index (χ3n) is 4.40. The zero-order chi connectivity index (χ0) is 15.1. The molecule has 1 aliphatic rings. The summed E-state index contributed by atoms with van der Waals surface area (Å²) < 4.78 is 5.89. The van der Waals surface area contributed by atoms with Crippen LogP contribution in [0.5, 0.6) is 0 Å². The van der Waals surface area contributed by atoms with Gasteiger partial charge in [-0.3, -0.25) is 4.98 Å². The number of ether oxygens (including phenoxy) is 1. The first-order valence-electron chi connectivity index (χ1n) is 8.09. The minimum absolute atomic E-state index is 0.205. The monoisotopic (exact) mass is 292 g/mol. The van der Waals surface area contributed by atoms with Crippen LogP contribution in [0.3, 0.4) is 0 Å². The first-order chi connectivity index (χ1) is 10.2. The van der Waals surface area contributed by atoms with E-state index in [1.807, 2.05) is 12.1 Å². The highest BCUT2D eigenvalue weighted by atomic mass is 16.5. The van der Waals surface area contributed by atoms with Crippen molar-refractivity contribution in [2.45, 2.75) is 57.8 Å². The SMILES string of the molecule is CC(NCC(O)COC1CCCCC1C)c1ccncc1. The molecule has 0 aromatic carbocycles. The average Bonchev–Trinajstić information content (AvgIpc) is 2.52. The van der Waals surface area contributed by atoms with Crippen LogP contribution in [-0.2, 0) is 4.74 Å². The topological polar surface area (TPSA) is 54.4 Å². The molecule has 0 amide bonds. The van der Waals surface area contributed by atoms with Gasteiger partial charge in [-0.15, -0.1) is 0 Å². The van der Waals surface area contributed by atoms with Gasteiger partial charge >= 0.3 is 0 Å². The zero-order valence-electron chi connectivity index (χ0n) is 13.2. The molecule has 21 heavy (non-hydrogen) atoms. The van der Waals surface area contributed by atoms with Crippen LogP contribution >= 0.6 is 0 Å². The standard InChI is InChI=1S/C17H28N2O2/c1-13-5-3-4-6-17(13)21-12-16(20)11-19-14(2)15-7-9-18-10-8-15/h7-10,13-14,16-17,19-20H,3-6,11-12H2,1-2H3. The molecule has 4 unspecified atom stereocenters. The summed E-state index contributed by atoms with van der Waals surface area (Å²) in [6.07, 6.45) is 8.40. The molecular formula is C17H28N2O2. The number of pyridine rings is 1. The van der Waals surface area contributed by atoms with E-state index in [9.17, 15) is 5.11 Å². The van der Waals surface area contributed by atoms with Gasteiger partial charge in [-0.25, -0.2) is 0 Å². The molecule has 1 heterocycles. The highest BCUT2D eigenvalue weighted by Crippen LogP contribution is 2.26. The lowest BCUT2D eigenvalue weighted by Gasteiger charge is -2.29. The van der Waals surface area contributed by atoms with Gasteiger partial charge in [-0.2, -0.15) is 0 Å². The first kappa shape index (κ1) is 16.4. The van der Waals surface area contributed by atoms with Crippen molar-refractivity contribution in [3.8, 4) is 0 Å². The predicted octanol–water partition coefficient (Wildman–Crippen LogP) is 2.69. The highest BCUT2D eigenvalue weighted by Gasteiger charge is 2.22. The van der Waals surface area contributed by atoms with Crippen LogP contribution in [0.2, 0.25) is 0 Å². The van der Waals surface area contributed by atoms with Gasteiger partial charge in [0.15, 0.2) is 0 Å². The maximum Gasteiger partial charge on any atom is 0.0898 e. The molecule has 1 aromatic heterocycles. The fourth-order valence-electron chi connectivity index (χ4n) is 2.91. The molecule has 118 valence electrons. The van der Waals surface area contributed by atoms with Gasteiger partial charge in [0.05, 0.1) is 18.8 Å². The van der Waals surface area contributed by atoms with Gasteiger partial charge in [0.2, 0.25) is 0 Å². The van der Waals surface area contributed by atoms with E-state index in [4.69, 9.17) is 4.74 Å². The van der Waals surface area contributed by atoms with Gasteiger partial charge in [-0.1, -0.05) is 19.8 Å². The van der Waals surface area contributed by atoms with Crippen LogP contribution in [-0.4, -0.2) is 35.5 Å². The molecule has 0 spiro atoms. The Morgan fingerprint density at radius 2 is 2.05 bits per heavy atom. The lowest BCUT2D eigenvalue weighted by molar-refractivity contribution is -0.0455. The number of nitrogens with zero attached hydrogens (tertiary/aromatic N) is 1. The molecule has 0 saturated heterocycles. The third kappa shape index (κ3) is 5.38. The lowest BCUT2D eigenvalue weighted by Crippen LogP contribution is -2.35. The first-order valence-corrected chi connectivity index (χ1v) is 8.09. The molecule has 0 radical (unpaired) electrons. The van der Waals surface area contributed by atoms with Gasteiger partial charge in [0.25, 0.3) is 0 Å². The summed E-state index contributed by atoms with van der Waals surface area (Å²) in [5.41, 5.74) is 1.18. The molecule has 4 nitrogen and oxygen atoms in total. The molecule has 1 aromatic rings. The summed E-state index contributed by atoms with van der Waals surface area (Å²) in [7, 11) is 0. The molecule has 1 aliphatic carbocycles. The molecule has 2 N–H and O–H groups in total. The summed E-state index contributed by atoms with van der Waals surface area (Å²) in [5, 5.41) is 13.4. The smallest absolute Gasteiger partial charge is 0.0898 e. The summed E-state index contributed by atoms with van der Waals surface area (Å²) in [5.74, 6) is 0.620. The van der Waals surface area contributed by atoms with E-state index in [0.29, 0.717) is 25.2 Å². The van der Waals surface area contributed by atoms with E-state index < -0.39 is 6.10 Å².